The van der Waals surface area contributed by atoms with E-state index in [4.69, 9.17) is 4.74 Å². The van der Waals surface area contributed by atoms with Crippen LogP contribution in [0.5, 0.6) is 5.75 Å². The molecule has 2 aromatic carbocycles. The number of carbonyl (C=O) groups is 1. The Morgan fingerprint density at radius 1 is 1.24 bits per heavy atom. The summed E-state index contributed by atoms with van der Waals surface area (Å²) in [6.45, 7) is 2.03. The summed E-state index contributed by atoms with van der Waals surface area (Å²) in [4.78, 5) is 12.1. The van der Waals surface area contributed by atoms with Crippen LogP contribution in [0, 0.1) is 5.82 Å². The van der Waals surface area contributed by atoms with Gasteiger partial charge in [-0.2, -0.15) is 0 Å². The van der Waals surface area contributed by atoms with E-state index in [-0.39, 0.29) is 11.6 Å². The lowest BCUT2D eigenvalue weighted by molar-refractivity contribution is 0.104. The number of ether oxygens (including phenoxy) is 1. The van der Waals surface area contributed by atoms with E-state index in [0.29, 0.717) is 16.9 Å². The lowest BCUT2D eigenvalue weighted by Gasteiger charge is -2.07. The van der Waals surface area contributed by atoms with E-state index in [1.54, 1.807) is 37.5 Å². The summed E-state index contributed by atoms with van der Waals surface area (Å²) in [6.07, 6.45) is 3.89. The number of carbonyl (C=O) groups excluding carboxylic acids is 1. The molecule has 0 aliphatic rings. The third kappa shape index (κ3) is 3.78. The van der Waals surface area contributed by atoms with E-state index in [2.05, 4.69) is 0 Å². The van der Waals surface area contributed by atoms with Crippen LogP contribution in [0.2, 0.25) is 0 Å². The van der Waals surface area contributed by atoms with Crippen LogP contribution in [0.3, 0.4) is 0 Å². The van der Waals surface area contributed by atoms with Gasteiger partial charge in [0.15, 0.2) is 5.78 Å². The number of benzene rings is 2. The molecule has 0 bridgehead atoms. The van der Waals surface area contributed by atoms with Crippen molar-refractivity contribution in [3.8, 4) is 5.75 Å². The van der Waals surface area contributed by atoms with Gasteiger partial charge in [0, 0.05) is 5.56 Å². The minimum absolute atomic E-state index is 0.139. The van der Waals surface area contributed by atoms with Crippen molar-refractivity contribution in [1.29, 1.82) is 0 Å². The van der Waals surface area contributed by atoms with Gasteiger partial charge in [0.25, 0.3) is 0 Å². The number of methoxy groups -OCH3 is 1. The van der Waals surface area contributed by atoms with Gasteiger partial charge in [-0.25, -0.2) is 4.39 Å². The fourth-order valence-corrected chi connectivity index (χ4v) is 2.07. The number of hydrogen-bond donors (Lipinski definition) is 0. The van der Waals surface area contributed by atoms with Gasteiger partial charge in [0.2, 0.25) is 0 Å². The molecule has 3 heteroatoms. The lowest BCUT2D eigenvalue weighted by atomic mass is 10.0. The molecule has 0 unspecified atom stereocenters. The zero-order valence-electron chi connectivity index (χ0n) is 12.1. The first kappa shape index (κ1) is 15.0. The van der Waals surface area contributed by atoms with Crippen LogP contribution in [0.25, 0.3) is 6.08 Å². The molecule has 0 amide bonds. The minimum atomic E-state index is -0.321. The number of halogens is 1. The minimum Gasteiger partial charge on any atom is -0.496 e. The molecule has 108 valence electrons. The Kier molecular flexibility index (Phi) is 4.88. The van der Waals surface area contributed by atoms with Gasteiger partial charge >= 0.3 is 0 Å². The molecule has 2 aromatic rings. The molecule has 0 heterocycles. The predicted octanol–water partition coefficient (Wildman–Crippen LogP) is 4.29. The van der Waals surface area contributed by atoms with E-state index in [1.807, 2.05) is 13.0 Å². The Morgan fingerprint density at radius 3 is 2.71 bits per heavy atom. The quantitative estimate of drug-likeness (QED) is 0.604. The second-order valence-corrected chi connectivity index (χ2v) is 4.63. The average Bonchev–Trinajstić information content (AvgIpc) is 2.52. The second-order valence-electron chi connectivity index (χ2n) is 4.63. The van der Waals surface area contributed by atoms with Crippen molar-refractivity contribution >= 4 is 11.9 Å². The van der Waals surface area contributed by atoms with Crippen molar-refractivity contribution in [2.45, 2.75) is 13.3 Å². The highest BCUT2D eigenvalue weighted by Gasteiger charge is 2.07. The maximum atomic E-state index is 13.1. The third-order valence-corrected chi connectivity index (χ3v) is 3.23. The molecule has 0 aliphatic carbocycles. The summed E-state index contributed by atoms with van der Waals surface area (Å²) >= 11 is 0. The molecule has 0 N–H and O–H groups in total. The normalized spacial score (nSPS) is 10.8. The lowest BCUT2D eigenvalue weighted by Crippen LogP contribution is -1.98. The molecule has 0 fully saturated rings. The second kappa shape index (κ2) is 6.84. The Balaban J connectivity index is 2.20. The van der Waals surface area contributed by atoms with Crippen LogP contribution in [-0.2, 0) is 6.42 Å². The Morgan fingerprint density at radius 2 is 2.05 bits per heavy atom. The molecule has 0 saturated heterocycles. The summed E-state index contributed by atoms with van der Waals surface area (Å²) in [5.74, 6) is 0.251. The van der Waals surface area contributed by atoms with Crippen LogP contribution in [0.15, 0.2) is 48.5 Å². The van der Waals surface area contributed by atoms with E-state index in [0.717, 1.165) is 12.0 Å². The summed E-state index contributed by atoms with van der Waals surface area (Å²) < 4.78 is 18.3. The fourth-order valence-electron chi connectivity index (χ4n) is 2.07. The van der Waals surface area contributed by atoms with Gasteiger partial charge in [0.05, 0.1) is 7.11 Å². The van der Waals surface area contributed by atoms with Gasteiger partial charge in [-0.15, -0.1) is 0 Å². The summed E-state index contributed by atoms with van der Waals surface area (Å²) in [7, 11) is 1.59. The van der Waals surface area contributed by atoms with Gasteiger partial charge in [-0.3, -0.25) is 4.79 Å². The maximum absolute atomic E-state index is 13.1. The highest BCUT2D eigenvalue weighted by atomic mass is 19.1. The van der Waals surface area contributed by atoms with Crippen molar-refractivity contribution in [2.75, 3.05) is 7.11 Å². The molecular formula is C18H17FO2. The summed E-state index contributed by atoms with van der Waals surface area (Å²) in [5.41, 5.74) is 2.26. The molecule has 0 saturated carbocycles. The van der Waals surface area contributed by atoms with Gasteiger partial charge in [0.1, 0.15) is 11.6 Å². The van der Waals surface area contributed by atoms with Crippen molar-refractivity contribution in [2.24, 2.45) is 0 Å². The molecule has 0 aliphatic heterocycles. The first-order valence-electron chi connectivity index (χ1n) is 6.79. The van der Waals surface area contributed by atoms with Crippen LogP contribution in [0.1, 0.15) is 28.4 Å². The first-order valence-corrected chi connectivity index (χ1v) is 6.79. The van der Waals surface area contributed by atoms with Crippen molar-refractivity contribution in [3.63, 3.8) is 0 Å². The van der Waals surface area contributed by atoms with Gasteiger partial charge in [-0.05, 0) is 41.8 Å². The summed E-state index contributed by atoms with van der Waals surface area (Å²) in [5, 5.41) is 0. The number of allylic oxidation sites excluding steroid dienone is 1. The Bertz CT molecular complexity index is 675. The molecule has 2 rings (SSSR count). The van der Waals surface area contributed by atoms with Gasteiger partial charge < -0.3 is 4.74 Å². The highest BCUT2D eigenvalue weighted by Crippen LogP contribution is 2.21. The standard InChI is InChI=1S/C18H17FO2/c1-3-14-8-9-15(12-18(14)21-2)17(20)10-7-13-5-4-6-16(19)11-13/h4-12H,3H2,1-2H3/b10-7+. The van der Waals surface area contributed by atoms with Crippen LogP contribution < -0.4 is 4.74 Å². The molecule has 0 atom stereocenters. The largest absolute Gasteiger partial charge is 0.496 e. The molecule has 21 heavy (non-hydrogen) atoms. The number of ketones is 1. The maximum Gasteiger partial charge on any atom is 0.185 e. The van der Waals surface area contributed by atoms with Crippen molar-refractivity contribution < 1.29 is 13.9 Å². The third-order valence-electron chi connectivity index (χ3n) is 3.23. The zero-order chi connectivity index (χ0) is 15.2. The van der Waals surface area contributed by atoms with Crippen LogP contribution in [-0.4, -0.2) is 12.9 Å². The number of rotatable bonds is 5. The van der Waals surface area contributed by atoms with Crippen molar-refractivity contribution in [1.82, 2.24) is 0 Å². The predicted molar refractivity (Wildman–Crippen MR) is 82.1 cm³/mol. The average molecular weight is 284 g/mol. The molecule has 0 aromatic heterocycles. The first-order chi connectivity index (χ1) is 10.1. The van der Waals surface area contributed by atoms with E-state index in [1.165, 1.54) is 18.2 Å². The molecule has 0 radical (unpaired) electrons. The van der Waals surface area contributed by atoms with Crippen LogP contribution >= 0.6 is 0 Å². The number of aryl methyl sites for hydroxylation is 1. The van der Waals surface area contributed by atoms with Crippen molar-refractivity contribution in [3.05, 3.63) is 71.0 Å². The van der Waals surface area contributed by atoms with Crippen LogP contribution in [0.4, 0.5) is 4.39 Å². The highest BCUT2D eigenvalue weighted by molar-refractivity contribution is 6.07. The van der Waals surface area contributed by atoms with E-state index in [9.17, 15) is 9.18 Å². The van der Waals surface area contributed by atoms with E-state index < -0.39 is 0 Å². The smallest absolute Gasteiger partial charge is 0.185 e. The zero-order valence-corrected chi connectivity index (χ0v) is 12.1. The molecule has 0 spiro atoms. The SMILES string of the molecule is CCc1ccc(C(=O)/C=C/c2cccc(F)c2)cc1OC. The molecular weight excluding hydrogens is 267 g/mol. The topological polar surface area (TPSA) is 26.3 Å². The Labute approximate surface area is 123 Å². The number of hydrogen-bond acceptors (Lipinski definition) is 2. The Hall–Kier alpha value is -2.42. The monoisotopic (exact) mass is 284 g/mol. The van der Waals surface area contributed by atoms with E-state index >= 15 is 0 Å². The van der Waals surface area contributed by atoms with Gasteiger partial charge in [-0.1, -0.05) is 37.3 Å². The fraction of sp³-hybridized carbons (Fsp3) is 0.167. The summed E-state index contributed by atoms with van der Waals surface area (Å²) in [6, 6.07) is 11.5. The molecule has 2 nitrogen and oxygen atoms in total.